The summed E-state index contributed by atoms with van der Waals surface area (Å²) in [5.74, 6) is 1.05. The van der Waals surface area contributed by atoms with Crippen molar-refractivity contribution in [3.63, 3.8) is 0 Å². The number of hydrogen-bond donors (Lipinski definition) is 1. The molecule has 1 aromatic heterocycles. The standard InChI is InChI=1S/C20H31Cl2N5O/c1-7-25(14-28)18(24-19(2,3)4)20(5,6)27-10-8-26(9-11-27)17-15(21)12-23-13-16(17)22/h12-14H,7-11H2,1-6H3/p+2. The number of anilines is 1. The van der Waals surface area contributed by atoms with Gasteiger partial charge in [0.25, 0.3) is 0 Å². The Hall–Kier alpha value is -1.21. The second kappa shape index (κ2) is 9.08. The molecular weight excluding hydrogens is 397 g/mol. The van der Waals surface area contributed by atoms with E-state index in [1.165, 1.54) is 0 Å². The predicted molar refractivity (Wildman–Crippen MR) is 116 cm³/mol. The maximum atomic E-state index is 11.7. The van der Waals surface area contributed by atoms with E-state index in [4.69, 9.17) is 23.2 Å². The monoisotopic (exact) mass is 429 g/mol. The third-order valence-corrected chi connectivity index (χ3v) is 5.74. The molecule has 0 aromatic carbocycles. The predicted octanol–water partition coefficient (Wildman–Crippen LogP) is 2.24. The van der Waals surface area contributed by atoms with Crippen LogP contribution in [0.1, 0.15) is 41.5 Å². The van der Waals surface area contributed by atoms with Crippen LogP contribution in [0.15, 0.2) is 12.4 Å². The lowest BCUT2D eigenvalue weighted by Crippen LogP contribution is -3.02. The summed E-state index contributed by atoms with van der Waals surface area (Å²) < 4.78 is 1.81. The van der Waals surface area contributed by atoms with Crippen LogP contribution in [0.2, 0.25) is 10.0 Å². The number of amides is 1. The highest BCUT2D eigenvalue weighted by Gasteiger charge is 2.45. The molecule has 8 heteroatoms. The first-order valence-corrected chi connectivity index (χ1v) is 10.5. The van der Waals surface area contributed by atoms with E-state index in [2.05, 4.69) is 54.7 Å². The Bertz CT molecular complexity index is 714. The SMILES string of the molecule is CC[N+](C=O)=C([NH2+]C(C)(C)C)C(C)(C)N1CCN(c2c(Cl)cncc2Cl)CC1. The molecule has 2 rings (SSSR count). The molecule has 1 amide bonds. The van der Waals surface area contributed by atoms with E-state index in [1.807, 2.05) is 11.5 Å². The second-order valence-corrected chi connectivity index (χ2v) is 9.59. The van der Waals surface area contributed by atoms with E-state index in [0.29, 0.717) is 16.6 Å². The van der Waals surface area contributed by atoms with Crippen molar-refractivity contribution in [2.45, 2.75) is 52.6 Å². The Morgan fingerprint density at radius 2 is 1.68 bits per heavy atom. The van der Waals surface area contributed by atoms with E-state index in [9.17, 15) is 4.79 Å². The molecular formula is C20H33Cl2N5O+2. The van der Waals surface area contributed by atoms with Crippen molar-refractivity contribution in [3.8, 4) is 0 Å². The van der Waals surface area contributed by atoms with Crippen molar-refractivity contribution in [1.82, 2.24) is 9.88 Å². The summed E-state index contributed by atoms with van der Waals surface area (Å²) in [6, 6.07) is 0. The van der Waals surface area contributed by atoms with Gasteiger partial charge in [0.2, 0.25) is 0 Å². The van der Waals surface area contributed by atoms with E-state index in [-0.39, 0.29) is 11.1 Å². The Labute approximate surface area is 178 Å². The number of rotatable bonds is 5. The fourth-order valence-electron chi connectivity index (χ4n) is 3.68. The number of amidine groups is 1. The van der Waals surface area contributed by atoms with E-state index < -0.39 is 0 Å². The van der Waals surface area contributed by atoms with Gasteiger partial charge in [0, 0.05) is 38.6 Å². The number of carbonyl (C=O) groups is 1. The van der Waals surface area contributed by atoms with Crippen LogP contribution in [0.3, 0.4) is 0 Å². The highest BCUT2D eigenvalue weighted by Crippen LogP contribution is 2.33. The molecule has 0 bridgehead atoms. The van der Waals surface area contributed by atoms with Crippen LogP contribution in [0.4, 0.5) is 5.69 Å². The average molecular weight is 430 g/mol. The normalized spacial score (nSPS) is 17.5. The third-order valence-electron chi connectivity index (χ3n) is 5.19. The van der Waals surface area contributed by atoms with E-state index >= 15 is 0 Å². The molecule has 0 spiro atoms. The first-order valence-electron chi connectivity index (χ1n) is 9.75. The van der Waals surface area contributed by atoms with Gasteiger partial charge in [-0.1, -0.05) is 23.2 Å². The second-order valence-electron chi connectivity index (χ2n) is 8.77. The Morgan fingerprint density at radius 3 is 2.11 bits per heavy atom. The zero-order valence-corrected chi connectivity index (χ0v) is 19.3. The lowest BCUT2D eigenvalue weighted by Gasteiger charge is -2.43. The minimum absolute atomic E-state index is 0.0249. The molecule has 156 valence electrons. The third kappa shape index (κ3) is 5.23. The fraction of sp³-hybridized carbons (Fsp3) is 0.650. The quantitative estimate of drug-likeness (QED) is 0.337. The zero-order chi connectivity index (χ0) is 21.1. The van der Waals surface area contributed by atoms with Crippen molar-refractivity contribution in [2.75, 3.05) is 37.6 Å². The number of nitrogens with zero attached hydrogens (tertiary/aromatic N) is 4. The molecule has 0 saturated carbocycles. The molecule has 28 heavy (non-hydrogen) atoms. The lowest BCUT2D eigenvalue weighted by molar-refractivity contribution is -0.661. The number of aromatic nitrogens is 1. The summed E-state index contributed by atoms with van der Waals surface area (Å²) >= 11 is 12.7. The number of nitrogens with two attached hydrogens (primary N) is 1. The van der Waals surface area contributed by atoms with Gasteiger partial charge in [-0.15, -0.1) is 4.58 Å². The molecule has 0 unspecified atom stereocenters. The fourth-order valence-corrected chi connectivity index (χ4v) is 4.28. The molecule has 1 saturated heterocycles. The molecule has 2 N–H and O–H groups in total. The van der Waals surface area contributed by atoms with Crippen LogP contribution >= 0.6 is 23.2 Å². The highest BCUT2D eigenvalue weighted by molar-refractivity contribution is 6.38. The zero-order valence-electron chi connectivity index (χ0n) is 17.8. The van der Waals surface area contributed by atoms with Crippen LogP contribution in [0.25, 0.3) is 0 Å². The minimum Gasteiger partial charge on any atom is -0.366 e. The van der Waals surface area contributed by atoms with Gasteiger partial charge in [0.15, 0.2) is 12.1 Å². The van der Waals surface area contributed by atoms with Gasteiger partial charge in [-0.25, -0.2) is 4.79 Å². The summed E-state index contributed by atoms with van der Waals surface area (Å²) in [7, 11) is 0. The van der Waals surface area contributed by atoms with Gasteiger partial charge >= 0.3 is 12.2 Å². The molecule has 0 aliphatic carbocycles. The summed E-state index contributed by atoms with van der Waals surface area (Å²) in [5, 5.41) is 3.37. The van der Waals surface area contributed by atoms with Crippen molar-refractivity contribution in [3.05, 3.63) is 22.4 Å². The minimum atomic E-state index is -0.276. The van der Waals surface area contributed by atoms with Crippen molar-refractivity contribution in [1.29, 1.82) is 0 Å². The van der Waals surface area contributed by atoms with Gasteiger partial charge in [-0.2, -0.15) is 0 Å². The molecule has 1 aromatic rings. The number of piperazine rings is 1. The van der Waals surface area contributed by atoms with Crippen LogP contribution < -0.4 is 10.2 Å². The Morgan fingerprint density at radius 1 is 1.14 bits per heavy atom. The first-order chi connectivity index (χ1) is 13.0. The molecule has 1 aliphatic heterocycles. The van der Waals surface area contributed by atoms with Gasteiger partial charge in [0.05, 0.1) is 21.3 Å². The average Bonchev–Trinajstić information content (AvgIpc) is 2.61. The smallest absolute Gasteiger partial charge is 0.366 e. The summed E-state index contributed by atoms with van der Waals surface area (Å²) in [6.45, 7) is 16.8. The molecule has 6 nitrogen and oxygen atoms in total. The summed E-state index contributed by atoms with van der Waals surface area (Å²) in [5.41, 5.74) is 0.551. The van der Waals surface area contributed by atoms with E-state index in [0.717, 1.165) is 44.1 Å². The van der Waals surface area contributed by atoms with Crippen LogP contribution in [-0.2, 0) is 4.79 Å². The summed E-state index contributed by atoms with van der Waals surface area (Å²) in [6.07, 6.45) is 4.20. The Kier molecular flexibility index (Phi) is 7.48. The molecule has 0 radical (unpaired) electrons. The molecule has 1 fully saturated rings. The maximum absolute atomic E-state index is 11.7. The highest BCUT2D eigenvalue weighted by atomic mass is 35.5. The Balaban J connectivity index is 2.25. The number of halogens is 2. The maximum Gasteiger partial charge on any atom is 0.379 e. The van der Waals surface area contributed by atoms with Gasteiger partial charge in [-0.05, 0) is 41.5 Å². The van der Waals surface area contributed by atoms with Crippen LogP contribution in [0, 0.1) is 0 Å². The topological polar surface area (TPSA) is 56.1 Å². The number of quaternary nitrogens is 1. The van der Waals surface area contributed by atoms with Crippen LogP contribution in [-0.4, -0.2) is 70.5 Å². The molecule has 0 atom stereocenters. The molecule has 1 aliphatic rings. The van der Waals surface area contributed by atoms with Crippen molar-refractivity contribution >= 4 is 41.1 Å². The van der Waals surface area contributed by atoms with E-state index in [1.54, 1.807) is 12.4 Å². The van der Waals surface area contributed by atoms with Gasteiger partial charge in [0.1, 0.15) is 0 Å². The number of carbonyl (C=O) groups excluding carboxylic acids is 1. The van der Waals surface area contributed by atoms with Crippen molar-refractivity contribution in [2.24, 2.45) is 0 Å². The van der Waals surface area contributed by atoms with Gasteiger partial charge in [-0.3, -0.25) is 15.2 Å². The largest absolute Gasteiger partial charge is 0.379 e. The van der Waals surface area contributed by atoms with Crippen LogP contribution in [0.5, 0.6) is 0 Å². The summed E-state index contributed by atoms with van der Waals surface area (Å²) in [4.78, 5) is 20.4. The number of pyridine rings is 1. The van der Waals surface area contributed by atoms with Gasteiger partial charge < -0.3 is 4.90 Å². The number of hydrogen-bond acceptors (Lipinski definition) is 4. The van der Waals surface area contributed by atoms with Crippen molar-refractivity contribution < 1.29 is 14.7 Å². The lowest BCUT2D eigenvalue weighted by atomic mass is 9.96. The molecule has 2 heterocycles. The first kappa shape index (κ1) is 23.1.